The second kappa shape index (κ2) is 7.87. The molecule has 1 atom stereocenters. The first kappa shape index (κ1) is 17.1. The Morgan fingerprint density at radius 3 is 2.70 bits per heavy atom. The fourth-order valence-corrected chi connectivity index (χ4v) is 2.73. The standard InChI is InChI=1S/C15H20N4O3S/c1-10(23-15-18-17-9-19(15)2)14(20)16-8-11-5-6-12(21-3)13(7-11)22-4/h5-7,9-10H,8H2,1-4H3,(H,16,20)/t10-/m0/s1. The van der Waals surface area contributed by atoms with E-state index in [-0.39, 0.29) is 11.2 Å². The van der Waals surface area contributed by atoms with Crippen LogP contribution in [0.1, 0.15) is 12.5 Å². The molecule has 1 heterocycles. The Morgan fingerprint density at radius 2 is 2.09 bits per heavy atom. The van der Waals surface area contributed by atoms with E-state index < -0.39 is 0 Å². The highest BCUT2D eigenvalue weighted by Gasteiger charge is 2.17. The maximum absolute atomic E-state index is 12.2. The predicted molar refractivity (Wildman–Crippen MR) is 87.7 cm³/mol. The minimum absolute atomic E-state index is 0.0622. The number of aryl methyl sites for hydroxylation is 1. The Hall–Kier alpha value is -2.22. The highest BCUT2D eigenvalue weighted by atomic mass is 32.2. The maximum atomic E-state index is 12.2. The van der Waals surface area contributed by atoms with Gasteiger partial charge in [0.1, 0.15) is 6.33 Å². The number of methoxy groups -OCH3 is 2. The molecule has 0 unspecified atom stereocenters. The van der Waals surface area contributed by atoms with Crippen molar-refractivity contribution in [1.29, 1.82) is 0 Å². The number of ether oxygens (including phenoxy) is 2. The van der Waals surface area contributed by atoms with E-state index in [4.69, 9.17) is 9.47 Å². The van der Waals surface area contributed by atoms with Crippen LogP contribution in [-0.4, -0.2) is 40.1 Å². The summed E-state index contributed by atoms with van der Waals surface area (Å²) < 4.78 is 12.2. The molecule has 8 heteroatoms. The quantitative estimate of drug-likeness (QED) is 0.774. The monoisotopic (exact) mass is 336 g/mol. The van der Waals surface area contributed by atoms with Gasteiger partial charge in [-0.1, -0.05) is 17.8 Å². The minimum atomic E-state index is -0.266. The second-order valence-electron chi connectivity index (χ2n) is 4.89. The number of nitrogens with one attached hydrogen (secondary N) is 1. The van der Waals surface area contributed by atoms with Gasteiger partial charge in [0.15, 0.2) is 16.7 Å². The number of amides is 1. The third kappa shape index (κ3) is 4.38. The van der Waals surface area contributed by atoms with Crippen LogP contribution in [0.25, 0.3) is 0 Å². The van der Waals surface area contributed by atoms with Gasteiger partial charge in [-0.2, -0.15) is 0 Å². The SMILES string of the molecule is COc1ccc(CNC(=O)[C@H](C)Sc2nncn2C)cc1OC. The van der Waals surface area contributed by atoms with Crippen molar-refractivity contribution in [3.8, 4) is 11.5 Å². The highest BCUT2D eigenvalue weighted by Crippen LogP contribution is 2.27. The first-order valence-corrected chi connectivity index (χ1v) is 7.92. The topological polar surface area (TPSA) is 78.3 Å². The van der Waals surface area contributed by atoms with Crippen LogP contribution >= 0.6 is 11.8 Å². The molecule has 0 aliphatic carbocycles. The summed E-state index contributed by atoms with van der Waals surface area (Å²) in [6.45, 7) is 2.26. The Kier molecular flexibility index (Phi) is 5.86. The summed E-state index contributed by atoms with van der Waals surface area (Å²) in [5.74, 6) is 1.24. The Bertz CT molecular complexity index is 674. The molecule has 0 spiro atoms. The molecular weight excluding hydrogens is 316 g/mol. The molecule has 0 saturated carbocycles. The van der Waals surface area contributed by atoms with Crippen LogP contribution in [0.5, 0.6) is 11.5 Å². The largest absolute Gasteiger partial charge is 0.493 e. The first-order valence-electron chi connectivity index (χ1n) is 7.04. The summed E-state index contributed by atoms with van der Waals surface area (Å²) in [7, 11) is 5.01. The zero-order valence-electron chi connectivity index (χ0n) is 13.6. The molecule has 0 radical (unpaired) electrons. The number of carbonyl (C=O) groups is 1. The van der Waals surface area contributed by atoms with E-state index in [1.54, 1.807) is 25.1 Å². The van der Waals surface area contributed by atoms with Gasteiger partial charge in [0.25, 0.3) is 0 Å². The number of hydrogen-bond donors (Lipinski definition) is 1. The van der Waals surface area contributed by atoms with Crippen LogP contribution in [0.15, 0.2) is 29.7 Å². The van der Waals surface area contributed by atoms with Gasteiger partial charge in [-0.05, 0) is 24.6 Å². The molecule has 1 aromatic carbocycles. The van der Waals surface area contributed by atoms with Gasteiger partial charge >= 0.3 is 0 Å². The number of benzene rings is 1. The molecule has 2 aromatic rings. The predicted octanol–water partition coefficient (Wildman–Crippen LogP) is 1.63. The fraction of sp³-hybridized carbons (Fsp3) is 0.400. The van der Waals surface area contributed by atoms with E-state index in [9.17, 15) is 4.79 Å². The van der Waals surface area contributed by atoms with Gasteiger partial charge in [-0.15, -0.1) is 10.2 Å². The van der Waals surface area contributed by atoms with Gasteiger partial charge in [0.2, 0.25) is 5.91 Å². The zero-order chi connectivity index (χ0) is 16.8. The van der Waals surface area contributed by atoms with Crippen LogP contribution in [0, 0.1) is 0 Å². The van der Waals surface area contributed by atoms with Crippen LogP contribution < -0.4 is 14.8 Å². The summed E-state index contributed by atoms with van der Waals surface area (Å²) >= 11 is 1.37. The van der Waals surface area contributed by atoms with E-state index in [0.717, 1.165) is 5.56 Å². The van der Waals surface area contributed by atoms with Gasteiger partial charge < -0.3 is 19.4 Å². The van der Waals surface area contributed by atoms with Gasteiger partial charge in [0.05, 0.1) is 19.5 Å². The lowest BCUT2D eigenvalue weighted by atomic mass is 10.2. The molecule has 0 saturated heterocycles. The molecule has 0 fully saturated rings. The molecule has 1 aromatic heterocycles. The number of thioether (sulfide) groups is 1. The van der Waals surface area contributed by atoms with Crippen molar-refractivity contribution in [2.24, 2.45) is 7.05 Å². The molecule has 0 aliphatic heterocycles. The van der Waals surface area contributed by atoms with E-state index in [2.05, 4.69) is 15.5 Å². The third-order valence-corrected chi connectivity index (χ3v) is 4.38. The Balaban J connectivity index is 1.92. The minimum Gasteiger partial charge on any atom is -0.493 e. The van der Waals surface area contributed by atoms with Crippen LogP contribution in [-0.2, 0) is 18.4 Å². The van der Waals surface area contributed by atoms with Crippen molar-refractivity contribution in [2.45, 2.75) is 23.9 Å². The van der Waals surface area contributed by atoms with Crippen LogP contribution in [0.2, 0.25) is 0 Å². The third-order valence-electron chi connectivity index (χ3n) is 3.24. The molecule has 0 aliphatic rings. The molecule has 2 rings (SSSR count). The number of carbonyl (C=O) groups excluding carboxylic acids is 1. The summed E-state index contributed by atoms with van der Waals surface area (Å²) in [5.41, 5.74) is 0.937. The van der Waals surface area contributed by atoms with Crippen molar-refractivity contribution < 1.29 is 14.3 Å². The highest BCUT2D eigenvalue weighted by molar-refractivity contribution is 8.00. The number of rotatable bonds is 7. The summed E-state index contributed by atoms with van der Waals surface area (Å²) in [5, 5.41) is 11.1. The van der Waals surface area contributed by atoms with Gasteiger partial charge in [-0.25, -0.2) is 0 Å². The van der Waals surface area contributed by atoms with Crippen molar-refractivity contribution >= 4 is 17.7 Å². The van der Waals surface area contributed by atoms with Gasteiger partial charge in [-0.3, -0.25) is 4.79 Å². The Morgan fingerprint density at radius 1 is 1.35 bits per heavy atom. The van der Waals surface area contributed by atoms with Gasteiger partial charge in [0, 0.05) is 13.6 Å². The molecule has 1 N–H and O–H groups in total. The zero-order valence-corrected chi connectivity index (χ0v) is 14.4. The number of nitrogens with zero attached hydrogens (tertiary/aromatic N) is 3. The lowest BCUT2D eigenvalue weighted by Crippen LogP contribution is -2.30. The molecule has 1 amide bonds. The van der Waals surface area contributed by atoms with Crippen LogP contribution in [0.4, 0.5) is 0 Å². The van der Waals surface area contributed by atoms with Crippen molar-refractivity contribution in [3.05, 3.63) is 30.1 Å². The fourth-order valence-electron chi connectivity index (χ4n) is 1.91. The Labute approximate surface area is 139 Å². The molecule has 7 nitrogen and oxygen atoms in total. The summed E-state index contributed by atoms with van der Waals surface area (Å²) in [4.78, 5) is 12.2. The van der Waals surface area contributed by atoms with Crippen LogP contribution in [0.3, 0.4) is 0 Å². The molecule has 0 bridgehead atoms. The normalized spacial score (nSPS) is 11.8. The average molecular weight is 336 g/mol. The molecule has 23 heavy (non-hydrogen) atoms. The molecular formula is C15H20N4O3S. The average Bonchev–Trinajstić information content (AvgIpc) is 2.97. The number of hydrogen-bond acceptors (Lipinski definition) is 6. The molecule has 124 valence electrons. The van der Waals surface area contributed by atoms with Crippen molar-refractivity contribution in [3.63, 3.8) is 0 Å². The summed E-state index contributed by atoms with van der Waals surface area (Å²) in [6, 6.07) is 5.56. The van der Waals surface area contributed by atoms with E-state index >= 15 is 0 Å². The van der Waals surface area contributed by atoms with E-state index in [1.807, 2.05) is 32.2 Å². The van der Waals surface area contributed by atoms with E-state index in [0.29, 0.717) is 23.2 Å². The maximum Gasteiger partial charge on any atom is 0.233 e. The van der Waals surface area contributed by atoms with Crippen molar-refractivity contribution in [2.75, 3.05) is 14.2 Å². The van der Waals surface area contributed by atoms with E-state index in [1.165, 1.54) is 11.8 Å². The number of aromatic nitrogens is 3. The first-order chi connectivity index (χ1) is 11.0. The second-order valence-corrected chi connectivity index (χ2v) is 6.20. The lowest BCUT2D eigenvalue weighted by molar-refractivity contribution is -0.120. The smallest absolute Gasteiger partial charge is 0.233 e. The summed E-state index contributed by atoms with van der Waals surface area (Å²) in [6.07, 6.45) is 1.61. The van der Waals surface area contributed by atoms with Crippen molar-refractivity contribution in [1.82, 2.24) is 20.1 Å². The lowest BCUT2D eigenvalue weighted by Gasteiger charge is -2.13.